The van der Waals surface area contributed by atoms with Gasteiger partial charge < -0.3 is 15.0 Å². The first-order chi connectivity index (χ1) is 13.7. The molecule has 8 heteroatoms. The lowest BCUT2D eigenvalue weighted by Crippen LogP contribution is -2.40. The highest BCUT2D eigenvalue weighted by Gasteiger charge is 2.26. The van der Waals surface area contributed by atoms with Crippen LogP contribution in [0, 0.1) is 5.92 Å². The van der Waals surface area contributed by atoms with Crippen molar-refractivity contribution >= 4 is 44.1 Å². The molecule has 3 aromatic heterocycles. The molecule has 1 amide bonds. The molecule has 1 saturated heterocycles. The Hall–Kier alpha value is -2.03. The summed E-state index contributed by atoms with van der Waals surface area (Å²) in [5.74, 6) is 0.263. The van der Waals surface area contributed by atoms with E-state index in [2.05, 4.69) is 33.1 Å². The number of ether oxygens (including phenoxy) is 1. The standard InChI is InChI=1S/C20H24N4O2S2/c1-26-11-2-8-21-18(25)14-5-9-24(10-6-14)20-23-17-4-3-16(22-19(17)28-20)15-7-12-27-13-15/h3-4,7,12-14H,2,5-6,8-11H2,1H3,(H,21,25). The highest BCUT2D eigenvalue weighted by Crippen LogP contribution is 2.32. The summed E-state index contributed by atoms with van der Waals surface area (Å²) in [5, 5.41) is 8.21. The van der Waals surface area contributed by atoms with Crippen molar-refractivity contribution in [2.45, 2.75) is 19.3 Å². The fourth-order valence-electron chi connectivity index (χ4n) is 3.42. The molecule has 4 heterocycles. The van der Waals surface area contributed by atoms with Gasteiger partial charge in [0.1, 0.15) is 10.3 Å². The molecule has 0 atom stereocenters. The average Bonchev–Trinajstić information content (AvgIpc) is 3.40. The van der Waals surface area contributed by atoms with E-state index in [1.165, 1.54) is 0 Å². The van der Waals surface area contributed by atoms with Crippen molar-refractivity contribution in [2.75, 3.05) is 38.3 Å². The third-order valence-electron chi connectivity index (χ3n) is 5.02. The van der Waals surface area contributed by atoms with Crippen molar-refractivity contribution in [3.63, 3.8) is 0 Å². The van der Waals surface area contributed by atoms with Gasteiger partial charge in [-0.25, -0.2) is 9.97 Å². The first kappa shape index (κ1) is 19.3. The van der Waals surface area contributed by atoms with Crippen LogP contribution in [0.4, 0.5) is 5.13 Å². The summed E-state index contributed by atoms with van der Waals surface area (Å²) in [6.45, 7) is 3.07. The Morgan fingerprint density at radius 1 is 1.29 bits per heavy atom. The number of carbonyl (C=O) groups is 1. The van der Waals surface area contributed by atoms with Gasteiger partial charge in [0.25, 0.3) is 0 Å². The van der Waals surface area contributed by atoms with Gasteiger partial charge in [0.15, 0.2) is 5.13 Å². The zero-order valence-corrected chi connectivity index (χ0v) is 17.5. The SMILES string of the molecule is COCCCNC(=O)C1CCN(c2nc3ccc(-c4ccsc4)nc3s2)CC1. The van der Waals surface area contributed by atoms with E-state index in [0.29, 0.717) is 13.2 Å². The zero-order valence-electron chi connectivity index (χ0n) is 15.9. The molecule has 0 spiro atoms. The van der Waals surface area contributed by atoms with Gasteiger partial charge >= 0.3 is 0 Å². The number of thiophene rings is 1. The number of hydrogen-bond acceptors (Lipinski definition) is 7. The largest absolute Gasteiger partial charge is 0.385 e. The van der Waals surface area contributed by atoms with E-state index in [1.807, 2.05) is 6.07 Å². The van der Waals surface area contributed by atoms with Gasteiger partial charge in [0.2, 0.25) is 5.91 Å². The predicted octanol–water partition coefficient (Wildman–Crippen LogP) is 3.79. The van der Waals surface area contributed by atoms with Crippen LogP contribution in [0.1, 0.15) is 19.3 Å². The van der Waals surface area contributed by atoms with E-state index in [0.717, 1.165) is 59.1 Å². The molecule has 28 heavy (non-hydrogen) atoms. The fourth-order valence-corrected chi connectivity index (χ4v) is 5.06. The highest BCUT2D eigenvalue weighted by atomic mass is 32.1. The number of pyridine rings is 1. The lowest BCUT2D eigenvalue weighted by molar-refractivity contribution is -0.125. The monoisotopic (exact) mass is 416 g/mol. The number of piperidine rings is 1. The molecule has 0 saturated carbocycles. The molecule has 0 bridgehead atoms. The molecule has 1 aliphatic heterocycles. The van der Waals surface area contributed by atoms with Crippen molar-refractivity contribution in [3.8, 4) is 11.3 Å². The van der Waals surface area contributed by atoms with Crippen LogP contribution in [0.3, 0.4) is 0 Å². The minimum Gasteiger partial charge on any atom is -0.385 e. The number of amides is 1. The van der Waals surface area contributed by atoms with Crippen LogP contribution < -0.4 is 10.2 Å². The summed E-state index contributed by atoms with van der Waals surface area (Å²) in [6.07, 6.45) is 2.58. The highest BCUT2D eigenvalue weighted by molar-refractivity contribution is 7.21. The maximum Gasteiger partial charge on any atom is 0.223 e. The van der Waals surface area contributed by atoms with Gasteiger partial charge in [0.05, 0.1) is 5.69 Å². The summed E-state index contributed by atoms with van der Waals surface area (Å²) in [5.41, 5.74) is 3.09. The molecule has 1 fully saturated rings. The van der Waals surface area contributed by atoms with E-state index >= 15 is 0 Å². The Labute approximate surface area is 172 Å². The number of anilines is 1. The summed E-state index contributed by atoms with van der Waals surface area (Å²) < 4.78 is 5.02. The van der Waals surface area contributed by atoms with Gasteiger partial charge in [-0.2, -0.15) is 11.3 Å². The number of fused-ring (bicyclic) bond motifs is 1. The second-order valence-electron chi connectivity index (χ2n) is 6.93. The van der Waals surface area contributed by atoms with E-state index < -0.39 is 0 Å². The Kier molecular flexibility index (Phi) is 6.19. The third kappa shape index (κ3) is 4.34. The lowest BCUT2D eigenvalue weighted by Gasteiger charge is -2.30. The first-order valence-electron chi connectivity index (χ1n) is 9.56. The Bertz CT molecular complexity index is 918. The molecule has 0 unspecified atom stereocenters. The molecular weight excluding hydrogens is 392 g/mol. The molecule has 1 aliphatic rings. The zero-order chi connectivity index (χ0) is 19.3. The average molecular weight is 417 g/mol. The van der Waals surface area contributed by atoms with Crippen LogP contribution in [0.2, 0.25) is 0 Å². The molecular formula is C20H24N4O2S2. The number of rotatable bonds is 7. The maximum absolute atomic E-state index is 12.3. The number of hydrogen-bond donors (Lipinski definition) is 1. The van der Waals surface area contributed by atoms with Crippen molar-refractivity contribution in [1.82, 2.24) is 15.3 Å². The summed E-state index contributed by atoms with van der Waals surface area (Å²) in [7, 11) is 1.68. The van der Waals surface area contributed by atoms with Crippen molar-refractivity contribution in [1.29, 1.82) is 0 Å². The van der Waals surface area contributed by atoms with Crippen LogP contribution in [0.5, 0.6) is 0 Å². The van der Waals surface area contributed by atoms with Gasteiger partial charge in [-0.3, -0.25) is 4.79 Å². The first-order valence-corrected chi connectivity index (χ1v) is 11.3. The predicted molar refractivity (Wildman–Crippen MR) is 115 cm³/mol. The normalized spacial score (nSPS) is 15.2. The van der Waals surface area contributed by atoms with E-state index in [-0.39, 0.29) is 11.8 Å². The van der Waals surface area contributed by atoms with Gasteiger partial charge in [-0.05, 0) is 42.8 Å². The molecule has 1 N–H and O–H groups in total. The number of carbonyl (C=O) groups excluding carboxylic acids is 1. The second kappa shape index (κ2) is 8.98. The van der Waals surface area contributed by atoms with Crippen LogP contribution in [0.15, 0.2) is 29.0 Å². The Balaban J connectivity index is 1.36. The van der Waals surface area contributed by atoms with Gasteiger partial charge in [-0.15, -0.1) is 0 Å². The summed E-state index contributed by atoms with van der Waals surface area (Å²) in [6, 6.07) is 6.18. The van der Waals surface area contributed by atoms with Crippen molar-refractivity contribution < 1.29 is 9.53 Å². The van der Waals surface area contributed by atoms with Crippen LogP contribution in [0.25, 0.3) is 21.6 Å². The number of nitrogens with one attached hydrogen (secondary N) is 1. The Morgan fingerprint density at radius 3 is 2.89 bits per heavy atom. The number of methoxy groups -OCH3 is 1. The minimum absolute atomic E-state index is 0.0940. The summed E-state index contributed by atoms with van der Waals surface area (Å²) >= 11 is 3.31. The van der Waals surface area contributed by atoms with Crippen molar-refractivity contribution in [3.05, 3.63) is 29.0 Å². The molecule has 0 aromatic carbocycles. The second-order valence-corrected chi connectivity index (χ2v) is 8.66. The molecule has 4 rings (SSSR count). The van der Waals surface area contributed by atoms with Crippen LogP contribution >= 0.6 is 22.7 Å². The van der Waals surface area contributed by atoms with Crippen LogP contribution in [-0.2, 0) is 9.53 Å². The Morgan fingerprint density at radius 2 is 2.14 bits per heavy atom. The quantitative estimate of drug-likeness (QED) is 0.594. The number of aromatic nitrogens is 2. The minimum atomic E-state index is 0.0940. The van der Waals surface area contributed by atoms with Gasteiger partial charge in [-0.1, -0.05) is 11.3 Å². The maximum atomic E-state index is 12.3. The molecule has 6 nitrogen and oxygen atoms in total. The topological polar surface area (TPSA) is 67.3 Å². The third-order valence-corrected chi connectivity index (χ3v) is 6.73. The van der Waals surface area contributed by atoms with Gasteiger partial charge in [0, 0.05) is 50.2 Å². The molecule has 0 aliphatic carbocycles. The number of nitrogens with zero attached hydrogens (tertiary/aromatic N) is 3. The van der Waals surface area contributed by atoms with Crippen molar-refractivity contribution in [2.24, 2.45) is 5.92 Å². The van der Waals surface area contributed by atoms with E-state index in [4.69, 9.17) is 14.7 Å². The fraction of sp³-hybridized carbons (Fsp3) is 0.450. The van der Waals surface area contributed by atoms with E-state index in [9.17, 15) is 4.79 Å². The number of thiazole rings is 1. The molecule has 148 valence electrons. The van der Waals surface area contributed by atoms with Crippen LogP contribution in [-0.4, -0.2) is 49.2 Å². The smallest absolute Gasteiger partial charge is 0.223 e. The summed E-state index contributed by atoms with van der Waals surface area (Å²) in [4.78, 5) is 25.1. The molecule has 0 radical (unpaired) electrons. The molecule has 3 aromatic rings. The lowest BCUT2D eigenvalue weighted by atomic mass is 9.96. The van der Waals surface area contributed by atoms with E-state index in [1.54, 1.807) is 29.8 Å².